The molecular weight excluding hydrogens is 320 g/mol. The Morgan fingerprint density at radius 2 is 2.05 bits per heavy atom. The topological polar surface area (TPSA) is 49.4 Å². The van der Waals surface area contributed by atoms with E-state index in [0.29, 0.717) is 13.1 Å². The van der Waals surface area contributed by atoms with Gasteiger partial charge in [0.1, 0.15) is 0 Å². The maximum atomic E-state index is 11.9. The number of benzene rings is 1. The summed E-state index contributed by atoms with van der Waals surface area (Å²) in [5.74, 6) is 4.49. The summed E-state index contributed by atoms with van der Waals surface area (Å²) >= 11 is 3.45. The number of carbonyl (C=O) groups excluding carboxylic acids is 2. The molecule has 4 nitrogen and oxygen atoms in total. The van der Waals surface area contributed by atoms with Gasteiger partial charge < -0.3 is 10.2 Å². The molecule has 0 aliphatic rings. The molecule has 0 fully saturated rings. The maximum absolute atomic E-state index is 11.9. The van der Waals surface area contributed by atoms with Gasteiger partial charge in [-0.15, -0.1) is 0 Å². The first-order valence-electron chi connectivity index (χ1n) is 6.22. The highest BCUT2D eigenvalue weighted by Crippen LogP contribution is 2.17. The van der Waals surface area contributed by atoms with Gasteiger partial charge in [0, 0.05) is 31.0 Å². The number of rotatable bonds is 5. The molecule has 0 unspecified atom stereocenters. The molecule has 0 spiro atoms. The van der Waals surface area contributed by atoms with Gasteiger partial charge in [0.2, 0.25) is 5.91 Å². The fourth-order valence-electron chi connectivity index (χ4n) is 1.60. The van der Waals surface area contributed by atoms with Crippen molar-refractivity contribution in [3.8, 4) is 11.8 Å². The standard InChI is InChI=1S/C15H17BrN2O2/c1-3-6-14(19)17-10-9-15(20)18(2)11-12-7-4-5-8-13(12)16/h4-5,7-8H,9-11H2,1-2H3,(H,17,19). The van der Waals surface area contributed by atoms with Crippen LogP contribution in [0.3, 0.4) is 0 Å². The van der Waals surface area contributed by atoms with Gasteiger partial charge in [-0.1, -0.05) is 40.0 Å². The van der Waals surface area contributed by atoms with Crippen LogP contribution in [0.15, 0.2) is 28.7 Å². The first-order valence-corrected chi connectivity index (χ1v) is 7.02. The summed E-state index contributed by atoms with van der Waals surface area (Å²) in [6.07, 6.45) is 0.262. The first kappa shape index (κ1) is 16.3. The summed E-state index contributed by atoms with van der Waals surface area (Å²) in [5.41, 5.74) is 1.05. The molecule has 0 saturated carbocycles. The van der Waals surface area contributed by atoms with Crippen molar-refractivity contribution in [3.63, 3.8) is 0 Å². The fourth-order valence-corrected chi connectivity index (χ4v) is 2.01. The Kier molecular flexibility index (Phi) is 6.82. The van der Waals surface area contributed by atoms with E-state index in [-0.39, 0.29) is 18.2 Å². The number of nitrogens with zero attached hydrogens (tertiary/aromatic N) is 1. The molecule has 0 radical (unpaired) electrons. The molecule has 20 heavy (non-hydrogen) atoms. The van der Waals surface area contributed by atoms with Crippen LogP contribution >= 0.6 is 15.9 Å². The van der Waals surface area contributed by atoms with Crippen molar-refractivity contribution in [1.29, 1.82) is 0 Å². The summed E-state index contributed by atoms with van der Waals surface area (Å²) in [6, 6.07) is 7.77. The van der Waals surface area contributed by atoms with Gasteiger partial charge in [-0.05, 0) is 24.5 Å². The molecule has 0 bridgehead atoms. The molecule has 1 aromatic carbocycles. The third kappa shape index (κ3) is 5.45. The number of halogens is 1. The molecule has 1 N–H and O–H groups in total. The van der Waals surface area contributed by atoms with E-state index < -0.39 is 0 Å². The first-order chi connectivity index (χ1) is 9.54. The summed E-state index contributed by atoms with van der Waals surface area (Å²) in [5, 5.41) is 2.58. The number of amides is 2. The highest BCUT2D eigenvalue weighted by atomic mass is 79.9. The molecule has 0 atom stereocenters. The van der Waals surface area contributed by atoms with Crippen molar-refractivity contribution in [2.45, 2.75) is 19.9 Å². The normalized spacial score (nSPS) is 9.35. The molecule has 0 saturated heterocycles. The van der Waals surface area contributed by atoms with Gasteiger partial charge in [-0.25, -0.2) is 0 Å². The minimum absolute atomic E-state index is 0.0227. The van der Waals surface area contributed by atoms with Gasteiger partial charge in [0.15, 0.2) is 0 Å². The Balaban J connectivity index is 2.41. The largest absolute Gasteiger partial charge is 0.345 e. The lowest BCUT2D eigenvalue weighted by molar-refractivity contribution is -0.130. The van der Waals surface area contributed by atoms with Crippen LogP contribution in [0.4, 0.5) is 0 Å². The number of hydrogen-bond donors (Lipinski definition) is 1. The van der Waals surface area contributed by atoms with Crippen LogP contribution in [0.25, 0.3) is 0 Å². The van der Waals surface area contributed by atoms with E-state index in [9.17, 15) is 9.59 Å². The third-order valence-corrected chi connectivity index (χ3v) is 3.43. The molecule has 0 heterocycles. The van der Waals surface area contributed by atoms with Crippen molar-refractivity contribution < 1.29 is 9.59 Å². The van der Waals surface area contributed by atoms with Crippen molar-refractivity contribution in [3.05, 3.63) is 34.3 Å². The van der Waals surface area contributed by atoms with Crippen molar-refractivity contribution in [2.75, 3.05) is 13.6 Å². The summed E-state index contributed by atoms with van der Waals surface area (Å²) in [6.45, 7) is 2.42. The predicted molar refractivity (Wildman–Crippen MR) is 81.7 cm³/mol. The lowest BCUT2D eigenvalue weighted by atomic mass is 10.2. The molecule has 0 aliphatic carbocycles. The molecule has 2 amide bonds. The van der Waals surface area contributed by atoms with Gasteiger partial charge in [-0.2, -0.15) is 0 Å². The Bertz CT molecular complexity index is 546. The van der Waals surface area contributed by atoms with E-state index >= 15 is 0 Å². The summed E-state index contributed by atoms with van der Waals surface area (Å²) in [7, 11) is 1.75. The average Bonchev–Trinajstić information content (AvgIpc) is 2.41. The maximum Gasteiger partial charge on any atom is 0.295 e. The minimum Gasteiger partial charge on any atom is -0.345 e. The zero-order chi connectivity index (χ0) is 15.0. The molecule has 0 aliphatic heterocycles. The Labute approximate surface area is 127 Å². The van der Waals surface area contributed by atoms with E-state index in [1.807, 2.05) is 24.3 Å². The van der Waals surface area contributed by atoms with Gasteiger partial charge >= 0.3 is 0 Å². The summed E-state index contributed by atoms with van der Waals surface area (Å²) in [4.78, 5) is 24.7. The number of carbonyl (C=O) groups is 2. The molecular formula is C15H17BrN2O2. The monoisotopic (exact) mass is 336 g/mol. The van der Waals surface area contributed by atoms with E-state index in [1.54, 1.807) is 18.9 Å². The quantitative estimate of drug-likeness (QED) is 0.835. The number of hydrogen-bond acceptors (Lipinski definition) is 2. The van der Waals surface area contributed by atoms with Crippen LogP contribution in [-0.2, 0) is 16.1 Å². The van der Waals surface area contributed by atoms with E-state index in [1.165, 1.54) is 0 Å². The second-order valence-electron chi connectivity index (χ2n) is 4.22. The van der Waals surface area contributed by atoms with Crippen molar-refractivity contribution in [1.82, 2.24) is 10.2 Å². The van der Waals surface area contributed by atoms with E-state index in [4.69, 9.17) is 0 Å². The van der Waals surface area contributed by atoms with Crippen LogP contribution in [0.2, 0.25) is 0 Å². The lowest BCUT2D eigenvalue weighted by Gasteiger charge is -2.18. The predicted octanol–water partition coefficient (Wildman–Crippen LogP) is 1.94. The van der Waals surface area contributed by atoms with Crippen LogP contribution in [-0.4, -0.2) is 30.3 Å². The van der Waals surface area contributed by atoms with Gasteiger partial charge in [-0.3, -0.25) is 9.59 Å². The van der Waals surface area contributed by atoms with Crippen LogP contribution < -0.4 is 5.32 Å². The second-order valence-corrected chi connectivity index (χ2v) is 5.08. The Morgan fingerprint density at radius 3 is 2.70 bits per heavy atom. The molecule has 5 heteroatoms. The third-order valence-electron chi connectivity index (χ3n) is 2.65. The van der Waals surface area contributed by atoms with Gasteiger partial charge in [0.25, 0.3) is 5.91 Å². The van der Waals surface area contributed by atoms with E-state index in [0.717, 1.165) is 10.0 Å². The summed E-state index contributed by atoms with van der Waals surface area (Å²) < 4.78 is 0.978. The van der Waals surface area contributed by atoms with Crippen molar-refractivity contribution in [2.24, 2.45) is 0 Å². The minimum atomic E-state index is -0.353. The molecule has 106 valence electrons. The zero-order valence-electron chi connectivity index (χ0n) is 11.6. The van der Waals surface area contributed by atoms with Crippen LogP contribution in [0.1, 0.15) is 18.9 Å². The highest BCUT2D eigenvalue weighted by Gasteiger charge is 2.10. The lowest BCUT2D eigenvalue weighted by Crippen LogP contribution is -2.31. The average molecular weight is 337 g/mol. The van der Waals surface area contributed by atoms with Gasteiger partial charge in [0.05, 0.1) is 0 Å². The van der Waals surface area contributed by atoms with Crippen LogP contribution in [0.5, 0.6) is 0 Å². The van der Waals surface area contributed by atoms with E-state index in [2.05, 4.69) is 33.1 Å². The van der Waals surface area contributed by atoms with Crippen LogP contribution in [0, 0.1) is 11.8 Å². The van der Waals surface area contributed by atoms with Crippen molar-refractivity contribution >= 4 is 27.7 Å². The molecule has 0 aromatic heterocycles. The Morgan fingerprint density at radius 1 is 1.35 bits per heavy atom. The fraction of sp³-hybridized carbons (Fsp3) is 0.333. The molecule has 1 aromatic rings. The zero-order valence-corrected chi connectivity index (χ0v) is 13.2. The highest BCUT2D eigenvalue weighted by molar-refractivity contribution is 9.10. The molecule has 1 rings (SSSR count). The SMILES string of the molecule is CC#CC(=O)NCCC(=O)N(C)Cc1ccccc1Br. The second kappa shape index (κ2) is 8.39. The Hall–Kier alpha value is -1.80. The smallest absolute Gasteiger partial charge is 0.295 e. The number of nitrogens with one attached hydrogen (secondary N) is 1.